The lowest BCUT2D eigenvalue weighted by molar-refractivity contribution is 0.578. The molecule has 1 saturated heterocycles. The number of aliphatic imine (C=N–C) groups is 1. The van der Waals surface area contributed by atoms with E-state index in [1.165, 1.54) is 29.6 Å². The standard InChI is InChI=1S/C24H31N5O/c1-6-19-21(15(2)3)26-23-22(17(5)27-29(23)24(19)30)25-20-11-10-18(14-16(20)4)28-12-8-7-9-13-28/h10-11,14-15H,6-9,12-13H2,1-5H3. The Bertz CT molecular complexity index is 1090. The summed E-state index contributed by atoms with van der Waals surface area (Å²) >= 11 is 0. The molecule has 0 spiro atoms. The summed E-state index contributed by atoms with van der Waals surface area (Å²) in [7, 11) is 0. The summed E-state index contributed by atoms with van der Waals surface area (Å²) in [5.41, 5.74) is 6.21. The smallest absolute Gasteiger partial charge is 0.277 e. The van der Waals surface area contributed by atoms with Crippen molar-refractivity contribution in [1.29, 1.82) is 0 Å². The van der Waals surface area contributed by atoms with Gasteiger partial charge < -0.3 is 4.90 Å². The van der Waals surface area contributed by atoms with Crippen LogP contribution in [-0.4, -0.2) is 34.2 Å². The fourth-order valence-corrected chi connectivity index (χ4v) is 4.34. The molecule has 6 heteroatoms. The van der Waals surface area contributed by atoms with Crippen molar-refractivity contribution in [2.45, 2.75) is 66.2 Å². The molecule has 0 saturated carbocycles. The molecule has 158 valence electrons. The molecule has 0 bridgehead atoms. The lowest BCUT2D eigenvalue weighted by Crippen LogP contribution is -2.29. The molecule has 1 aromatic heterocycles. The third kappa shape index (κ3) is 3.59. The van der Waals surface area contributed by atoms with E-state index in [0.717, 1.165) is 41.3 Å². The summed E-state index contributed by atoms with van der Waals surface area (Å²) in [6.07, 6.45) is 4.49. The van der Waals surface area contributed by atoms with Gasteiger partial charge in [0.2, 0.25) is 0 Å². The number of hydrogen-bond donors (Lipinski definition) is 0. The molecular weight excluding hydrogens is 374 g/mol. The van der Waals surface area contributed by atoms with Gasteiger partial charge in [0, 0.05) is 24.3 Å². The molecule has 2 aliphatic heterocycles. The molecule has 0 unspecified atom stereocenters. The molecule has 0 aliphatic carbocycles. The fourth-order valence-electron chi connectivity index (χ4n) is 4.34. The Labute approximate surface area is 178 Å². The Morgan fingerprint density at radius 3 is 2.50 bits per heavy atom. The molecule has 0 N–H and O–H groups in total. The number of rotatable bonds is 4. The number of anilines is 1. The minimum absolute atomic E-state index is 0.0760. The van der Waals surface area contributed by atoms with Gasteiger partial charge in [-0.05, 0) is 69.2 Å². The van der Waals surface area contributed by atoms with Gasteiger partial charge >= 0.3 is 0 Å². The molecule has 0 amide bonds. The second-order valence-electron chi connectivity index (χ2n) is 8.59. The molecule has 0 atom stereocenters. The van der Waals surface area contributed by atoms with Crippen molar-refractivity contribution in [3.05, 3.63) is 51.2 Å². The molecule has 1 aromatic carbocycles. The number of piperidine rings is 1. The molecule has 2 aliphatic rings. The van der Waals surface area contributed by atoms with E-state index in [4.69, 9.17) is 9.98 Å². The van der Waals surface area contributed by atoms with Crippen LogP contribution in [0.15, 0.2) is 33.1 Å². The van der Waals surface area contributed by atoms with Crippen LogP contribution in [0, 0.1) is 6.92 Å². The first-order valence-electron chi connectivity index (χ1n) is 11.1. The van der Waals surface area contributed by atoms with Gasteiger partial charge in [0.1, 0.15) is 5.71 Å². The van der Waals surface area contributed by atoms with E-state index in [-0.39, 0.29) is 11.5 Å². The Balaban J connectivity index is 1.76. The first kappa shape index (κ1) is 20.5. The quantitative estimate of drug-likeness (QED) is 0.748. The van der Waals surface area contributed by atoms with Crippen LogP contribution in [0.25, 0.3) is 0 Å². The van der Waals surface area contributed by atoms with Crippen LogP contribution in [-0.2, 0) is 6.42 Å². The SMILES string of the molecule is CCc1c(C(C)C)nc2n(c1=O)N=C(C)C2=Nc1ccc(N2CCCCC2)cc1C. The highest BCUT2D eigenvalue weighted by molar-refractivity contribution is 6.48. The number of aryl methyl sites for hydroxylation is 1. The maximum Gasteiger partial charge on any atom is 0.277 e. The van der Waals surface area contributed by atoms with Crippen molar-refractivity contribution in [2.75, 3.05) is 18.0 Å². The topological polar surface area (TPSA) is 62.9 Å². The Morgan fingerprint density at radius 1 is 1.13 bits per heavy atom. The first-order chi connectivity index (χ1) is 14.4. The third-order valence-electron chi connectivity index (χ3n) is 6.03. The normalized spacial score (nSPS) is 17.6. The Kier molecular flexibility index (Phi) is 5.58. The molecule has 3 heterocycles. The van der Waals surface area contributed by atoms with Crippen LogP contribution in [0.1, 0.15) is 75.5 Å². The Morgan fingerprint density at radius 2 is 1.87 bits per heavy atom. The average molecular weight is 406 g/mol. The molecule has 30 heavy (non-hydrogen) atoms. The summed E-state index contributed by atoms with van der Waals surface area (Å²) in [5, 5.41) is 4.48. The highest BCUT2D eigenvalue weighted by Crippen LogP contribution is 2.28. The monoisotopic (exact) mass is 405 g/mol. The van der Waals surface area contributed by atoms with Gasteiger partial charge in [0.05, 0.1) is 17.1 Å². The maximum absolute atomic E-state index is 13.0. The Hall–Kier alpha value is -2.76. The summed E-state index contributed by atoms with van der Waals surface area (Å²) in [6, 6.07) is 6.44. The van der Waals surface area contributed by atoms with E-state index < -0.39 is 0 Å². The molecule has 1 fully saturated rings. The second kappa shape index (κ2) is 8.17. The van der Waals surface area contributed by atoms with Gasteiger partial charge in [-0.15, -0.1) is 0 Å². The van der Waals surface area contributed by atoms with Crippen LogP contribution < -0.4 is 10.5 Å². The van der Waals surface area contributed by atoms with E-state index in [2.05, 4.69) is 49.0 Å². The van der Waals surface area contributed by atoms with Crippen molar-refractivity contribution in [3.63, 3.8) is 0 Å². The van der Waals surface area contributed by atoms with Gasteiger partial charge in [-0.3, -0.25) is 4.79 Å². The van der Waals surface area contributed by atoms with Crippen molar-refractivity contribution in [2.24, 2.45) is 10.1 Å². The van der Waals surface area contributed by atoms with Gasteiger partial charge in [-0.1, -0.05) is 20.8 Å². The third-order valence-corrected chi connectivity index (χ3v) is 6.03. The number of hydrogen-bond acceptors (Lipinski definition) is 5. The lowest BCUT2D eigenvalue weighted by atomic mass is 10.0. The minimum Gasteiger partial charge on any atom is -0.372 e. The van der Waals surface area contributed by atoms with Crippen LogP contribution in [0.3, 0.4) is 0 Å². The highest BCUT2D eigenvalue weighted by atomic mass is 16.1. The van der Waals surface area contributed by atoms with Crippen molar-refractivity contribution >= 4 is 22.8 Å². The van der Waals surface area contributed by atoms with Crippen LogP contribution >= 0.6 is 0 Å². The first-order valence-corrected chi connectivity index (χ1v) is 11.1. The fraction of sp³-hybridized carbons (Fsp3) is 0.500. The van der Waals surface area contributed by atoms with E-state index in [1.807, 2.05) is 13.8 Å². The van der Waals surface area contributed by atoms with Crippen LogP contribution in [0.4, 0.5) is 11.4 Å². The summed E-state index contributed by atoms with van der Waals surface area (Å²) in [5.74, 6) is 0.726. The van der Waals surface area contributed by atoms with Gasteiger partial charge in [0.15, 0.2) is 5.82 Å². The highest BCUT2D eigenvalue weighted by Gasteiger charge is 2.27. The molecule has 0 radical (unpaired) electrons. The largest absolute Gasteiger partial charge is 0.372 e. The second-order valence-corrected chi connectivity index (χ2v) is 8.59. The predicted molar refractivity (Wildman–Crippen MR) is 124 cm³/mol. The average Bonchev–Trinajstić information content (AvgIpc) is 3.05. The van der Waals surface area contributed by atoms with Gasteiger partial charge in [-0.2, -0.15) is 9.78 Å². The summed E-state index contributed by atoms with van der Waals surface area (Å²) in [6.45, 7) is 12.4. The number of aromatic nitrogens is 2. The van der Waals surface area contributed by atoms with Crippen LogP contribution in [0.2, 0.25) is 0 Å². The van der Waals surface area contributed by atoms with Crippen molar-refractivity contribution < 1.29 is 0 Å². The lowest BCUT2D eigenvalue weighted by Gasteiger charge is -2.29. The van der Waals surface area contributed by atoms with E-state index in [1.54, 1.807) is 0 Å². The van der Waals surface area contributed by atoms with Gasteiger partial charge in [-0.25, -0.2) is 9.98 Å². The van der Waals surface area contributed by atoms with Crippen molar-refractivity contribution in [3.8, 4) is 0 Å². The zero-order valence-corrected chi connectivity index (χ0v) is 18.7. The minimum atomic E-state index is -0.0760. The molecule has 2 aromatic rings. The van der Waals surface area contributed by atoms with E-state index >= 15 is 0 Å². The zero-order valence-electron chi connectivity index (χ0n) is 18.7. The van der Waals surface area contributed by atoms with Crippen LogP contribution in [0.5, 0.6) is 0 Å². The maximum atomic E-state index is 13.0. The molecular formula is C24H31N5O. The zero-order chi connectivity index (χ0) is 21.4. The predicted octanol–water partition coefficient (Wildman–Crippen LogP) is 4.59. The van der Waals surface area contributed by atoms with E-state index in [0.29, 0.717) is 18.0 Å². The molecule has 6 nitrogen and oxygen atoms in total. The number of nitrogens with zero attached hydrogens (tertiary/aromatic N) is 5. The summed E-state index contributed by atoms with van der Waals surface area (Å²) < 4.78 is 1.43. The summed E-state index contributed by atoms with van der Waals surface area (Å²) in [4.78, 5) is 25.2. The number of fused-ring (bicyclic) bond motifs is 1. The van der Waals surface area contributed by atoms with Gasteiger partial charge in [0.25, 0.3) is 5.56 Å². The number of benzene rings is 1. The van der Waals surface area contributed by atoms with Crippen molar-refractivity contribution in [1.82, 2.24) is 9.66 Å². The molecule has 4 rings (SSSR count). The van der Waals surface area contributed by atoms with E-state index in [9.17, 15) is 4.79 Å².